The molecular formula is C8H9N3O4. The lowest BCUT2D eigenvalue weighted by molar-refractivity contribution is -0.139. The summed E-state index contributed by atoms with van der Waals surface area (Å²) in [5, 5.41) is 10.7. The molecule has 0 spiro atoms. The maximum atomic E-state index is 11.2. The lowest BCUT2D eigenvalue weighted by atomic mass is 10.4. The highest BCUT2D eigenvalue weighted by Gasteiger charge is 2.14. The third kappa shape index (κ3) is 2.90. The molecule has 2 N–H and O–H groups in total. The maximum absolute atomic E-state index is 11.2. The number of ether oxygens (including phenoxy) is 1. The van der Waals surface area contributed by atoms with Gasteiger partial charge >= 0.3 is 5.97 Å². The van der Waals surface area contributed by atoms with E-state index in [1.165, 1.54) is 19.4 Å². The van der Waals surface area contributed by atoms with Crippen molar-refractivity contribution >= 4 is 11.9 Å². The van der Waals surface area contributed by atoms with Gasteiger partial charge in [-0.1, -0.05) is 0 Å². The highest BCUT2D eigenvalue weighted by molar-refractivity contribution is 5.94. The standard InChI is InChI=1S/C8H9N3O4/c1-9-7(14)6-8(11-3-2-10-6)15-4-5(12)13/h2-3H,4H2,1H3,(H,9,14)(H,12,13). The predicted molar refractivity (Wildman–Crippen MR) is 48.6 cm³/mol. The Bertz CT molecular complexity index is 380. The molecule has 0 aromatic carbocycles. The van der Waals surface area contributed by atoms with E-state index >= 15 is 0 Å². The number of carboxylic acids is 1. The number of carbonyl (C=O) groups is 2. The number of hydrogen-bond acceptors (Lipinski definition) is 5. The lowest BCUT2D eigenvalue weighted by Gasteiger charge is -2.05. The summed E-state index contributed by atoms with van der Waals surface area (Å²) in [6, 6.07) is 0. The van der Waals surface area contributed by atoms with E-state index in [0.29, 0.717) is 0 Å². The van der Waals surface area contributed by atoms with Crippen LogP contribution < -0.4 is 10.1 Å². The van der Waals surface area contributed by atoms with E-state index in [1.54, 1.807) is 0 Å². The van der Waals surface area contributed by atoms with Crippen LogP contribution in [-0.4, -0.2) is 40.6 Å². The fourth-order valence-corrected chi connectivity index (χ4v) is 0.835. The second kappa shape index (κ2) is 4.89. The second-order valence-electron chi connectivity index (χ2n) is 2.47. The fraction of sp³-hybridized carbons (Fsp3) is 0.250. The first-order valence-electron chi connectivity index (χ1n) is 4.03. The molecule has 0 atom stereocenters. The molecule has 1 rings (SSSR count). The molecule has 0 unspecified atom stereocenters. The van der Waals surface area contributed by atoms with Crippen LogP contribution in [0.4, 0.5) is 0 Å². The fourth-order valence-electron chi connectivity index (χ4n) is 0.835. The van der Waals surface area contributed by atoms with E-state index in [4.69, 9.17) is 9.84 Å². The Labute approximate surface area is 85.1 Å². The molecule has 1 aromatic heterocycles. The molecule has 0 aliphatic heterocycles. The van der Waals surface area contributed by atoms with Gasteiger partial charge in [0.1, 0.15) is 0 Å². The van der Waals surface area contributed by atoms with Crippen LogP contribution in [0.1, 0.15) is 10.5 Å². The Balaban J connectivity index is 2.86. The summed E-state index contributed by atoms with van der Waals surface area (Å²) in [4.78, 5) is 28.9. The summed E-state index contributed by atoms with van der Waals surface area (Å²) in [5.74, 6) is -1.73. The number of amides is 1. The van der Waals surface area contributed by atoms with Gasteiger partial charge in [-0.3, -0.25) is 4.79 Å². The van der Waals surface area contributed by atoms with Crippen molar-refractivity contribution in [3.63, 3.8) is 0 Å². The van der Waals surface area contributed by atoms with Gasteiger partial charge in [-0.25, -0.2) is 14.8 Å². The van der Waals surface area contributed by atoms with Crippen molar-refractivity contribution < 1.29 is 19.4 Å². The minimum absolute atomic E-state index is 0.0405. The van der Waals surface area contributed by atoms with Gasteiger partial charge in [0.15, 0.2) is 12.3 Å². The average Bonchev–Trinajstić information content (AvgIpc) is 2.25. The summed E-state index contributed by atoms with van der Waals surface area (Å²) in [7, 11) is 1.43. The molecular weight excluding hydrogens is 202 g/mol. The second-order valence-corrected chi connectivity index (χ2v) is 2.47. The molecule has 0 aliphatic carbocycles. The van der Waals surface area contributed by atoms with Gasteiger partial charge in [0.25, 0.3) is 5.91 Å². The summed E-state index contributed by atoms with van der Waals surface area (Å²) in [5.41, 5.74) is -0.0405. The molecule has 7 heteroatoms. The molecule has 0 saturated heterocycles. The van der Waals surface area contributed by atoms with Crippen LogP contribution in [0.3, 0.4) is 0 Å². The molecule has 0 aliphatic rings. The van der Waals surface area contributed by atoms with E-state index < -0.39 is 18.5 Å². The van der Waals surface area contributed by atoms with Crippen molar-refractivity contribution in [2.45, 2.75) is 0 Å². The molecule has 7 nitrogen and oxygen atoms in total. The van der Waals surface area contributed by atoms with Crippen LogP contribution in [0.25, 0.3) is 0 Å². The molecule has 1 amide bonds. The van der Waals surface area contributed by atoms with E-state index in [1.807, 2.05) is 0 Å². The first kappa shape index (κ1) is 10.9. The Morgan fingerprint density at radius 3 is 2.73 bits per heavy atom. The number of carbonyl (C=O) groups excluding carboxylic acids is 1. The predicted octanol–water partition coefficient (Wildman–Crippen LogP) is -0.700. The quantitative estimate of drug-likeness (QED) is 0.682. The highest BCUT2D eigenvalue weighted by Crippen LogP contribution is 2.10. The van der Waals surface area contributed by atoms with Gasteiger partial charge in [-0.15, -0.1) is 0 Å². The van der Waals surface area contributed by atoms with Gasteiger partial charge in [-0.05, 0) is 0 Å². The number of hydrogen-bond donors (Lipinski definition) is 2. The lowest BCUT2D eigenvalue weighted by Crippen LogP contribution is -2.22. The van der Waals surface area contributed by atoms with Crippen LogP contribution in [0.15, 0.2) is 12.4 Å². The monoisotopic (exact) mass is 211 g/mol. The zero-order valence-electron chi connectivity index (χ0n) is 7.93. The molecule has 0 bridgehead atoms. The van der Waals surface area contributed by atoms with Crippen molar-refractivity contribution in [3.05, 3.63) is 18.1 Å². The number of rotatable bonds is 4. The van der Waals surface area contributed by atoms with E-state index in [-0.39, 0.29) is 11.6 Å². The Morgan fingerprint density at radius 2 is 2.13 bits per heavy atom. The highest BCUT2D eigenvalue weighted by atomic mass is 16.5. The molecule has 0 radical (unpaired) electrons. The first-order chi connectivity index (χ1) is 7.15. The maximum Gasteiger partial charge on any atom is 0.341 e. The molecule has 1 heterocycles. The van der Waals surface area contributed by atoms with Crippen LogP contribution in [0.2, 0.25) is 0 Å². The normalized spacial score (nSPS) is 9.40. The third-order valence-corrected chi connectivity index (χ3v) is 1.44. The van der Waals surface area contributed by atoms with Crippen molar-refractivity contribution in [1.82, 2.24) is 15.3 Å². The molecule has 0 fully saturated rings. The van der Waals surface area contributed by atoms with Crippen molar-refractivity contribution in [2.75, 3.05) is 13.7 Å². The number of nitrogens with zero attached hydrogens (tertiary/aromatic N) is 2. The van der Waals surface area contributed by atoms with Crippen molar-refractivity contribution in [3.8, 4) is 5.88 Å². The van der Waals surface area contributed by atoms with Crippen LogP contribution in [0.5, 0.6) is 5.88 Å². The van der Waals surface area contributed by atoms with Gasteiger partial charge in [0.05, 0.1) is 0 Å². The Morgan fingerprint density at radius 1 is 1.47 bits per heavy atom. The number of nitrogens with one attached hydrogen (secondary N) is 1. The average molecular weight is 211 g/mol. The number of carboxylic acid groups (broad SMARTS) is 1. The van der Waals surface area contributed by atoms with Crippen LogP contribution in [-0.2, 0) is 4.79 Å². The van der Waals surface area contributed by atoms with Crippen molar-refractivity contribution in [1.29, 1.82) is 0 Å². The van der Waals surface area contributed by atoms with E-state index in [9.17, 15) is 9.59 Å². The van der Waals surface area contributed by atoms with E-state index in [0.717, 1.165) is 0 Å². The molecule has 80 valence electrons. The largest absolute Gasteiger partial charge is 0.479 e. The van der Waals surface area contributed by atoms with Crippen molar-refractivity contribution in [2.24, 2.45) is 0 Å². The zero-order valence-corrected chi connectivity index (χ0v) is 7.93. The summed E-state index contributed by atoms with van der Waals surface area (Å²) in [6.45, 7) is -0.567. The van der Waals surface area contributed by atoms with Gasteiger partial charge in [0.2, 0.25) is 5.88 Å². The summed E-state index contributed by atoms with van der Waals surface area (Å²) < 4.78 is 4.79. The smallest absolute Gasteiger partial charge is 0.341 e. The topological polar surface area (TPSA) is 101 Å². The van der Waals surface area contributed by atoms with Gasteiger partial charge < -0.3 is 15.2 Å². The SMILES string of the molecule is CNC(=O)c1nccnc1OCC(=O)O. The Hall–Kier alpha value is -2.18. The minimum Gasteiger partial charge on any atom is -0.479 e. The van der Waals surface area contributed by atoms with Crippen LogP contribution in [0, 0.1) is 0 Å². The molecule has 0 saturated carbocycles. The zero-order chi connectivity index (χ0) is 11.3. The molecule has 15 heavy (non-hydrogen) atoms. The van der Waals surface area contributed by atoms with Crippen LogP contribution >= 0.6 is 0 Å². The first-order valence-corrected chi connectivity index (χ1v) is 4.03. The molecule has 1 aromatic rings. The Kier molecular flexibility index (Phi) is 3.55. The summed E-state index contributed by atoms with van der Waals surface area (Å²) in [6.07, 6.45) is 2.63. The number of aromatic nitrogens is 2. The summed E-state index contributed by atoms with van der Waals surface area (Å²) >= 11 is 0. The van der Waals surface area contributed by atoms with E-state index in [2.05, 4.69) is 15.3 Å². The minimum atomic E-state index is -1.15. The number of aliphatic carboxylic acids is 1. The van der Waals surface area contributed by atoms with Gasteiger partial charge in [-0.2, -0.15) is 0 Å². The van der Waals surface area contributed by atoms with Gasteiger partial charge in [0, 0.05) is 19.4 Å². The third-order valence-electron chi connectivity index (χ3n) is 1.44.